The third kappa shape index (κ3) is 2.44. The van der Waals surface area contributed by atoms with E-state index in [0.717, 1.165) is 17.7 Å². The van der Waals surface area contributed by atoms with E-state index < -0.39 is 0 Å². The lowest BCUT2D eigenvalue weighted by atomic mass is 9.92. The summed E-state index contributed by atoms with van der Waals surface area (Å²) < 4.78 is 6.11. The highest BCUT2D eigenvalue weighted by Crippen LogP contribution is 2.39. The largest absolute Gasteiger partial charge is 0.485 e. The Kier molecular flexibility index (Phi) is 3.49. The summed E-state index contributed by atoms with van der Waals surface area (Å²) in [5, 5.41) is 0. The molecule has 2 N–H and O–H groups in total. The van der Waals surface area contributed by atoms with Gasteiger partial charge in [0.1, 0.15) is 11.9 Å². The molecule has 2 aromatic rings. The van der Waals surface area contributed by atoms with Crippen molar-refractivity contribution in [2.75, 3.05) is 0 Å². The second-order valence-corrected chi connectivity index (χ2v) is 5.81. The Hall–Kier alpha value is -1.80. The van der Waals surface area contributed by atoms with Crippen molar-refractivity contribution < 1.29 is 4.74 Å². The lowest BCUT2D eigenvalue weighted by molar-refractivity contribution is 0.161. The summed E-state index contributed by atoms with van der Waals surface area (Å²) in [4.78, 5) is 0. The monoisotopic (exact) mass is 267 g/mol. The number of hydrogen-bond acceptors (Lipinski definition) is 2. The first kappa shape index (κ1) is 13.2. The Morgan fingerprint density at radius 2 is 1.75 bits per heavy atom. The molecule has 0 bridgehead atoms. The van der Waals surface area contributed by atoms with Gasteiger partial charge >= 0.3 is 0 Å². The van der Waals surface area contributed by atoms with Crippen LogP contribution in [0.5, 0.6) is 5.75 Å². The minimum Gasteiger partial charge on any atom is -0.485 e. The lowest BCUT2D eigenvalue weighted by Gasteiger charge is -2.30. The topological polar surface area (TPSA) is 35.2 Å². The van der Waals surface area contributed by atoms with Crippen LogP contribution in [0.1, 0.15) is 55.0 Å². The summed E-state index contributed by atoms with van der Waals surface area (Å²) in [6, 6.07) is 16.8. The first-order valence-electron chi connectivity index (χ1n) is 7.26. The summed E-state index contributed by atoms with van der Waals surface area (Å²) in [5.74, 6) is 1.48. The van der Waals surface area contributed by atoms with Gasteiger partial charge in [-0.3, -0.25) is 0 Å². The zero-order chi connectivity index (χ0) is 14.1. The number of rotatable bonds is 2. The number of fused-ring (bicyclic) bond motifs is 1. The van der Waals surface area contributed by atoms with E-state index >= 15 is 0 Å². The molecule has 0 saturated carbocycles. The molecule has 104 valence electrons. The molecule has 1 heterocycles. The van der Waals surface area contributed by atoms with Gasteiger partial charge < -0.3 is 10.5 Å². The van der Waals surface area contributed by atoms with Gasteiger partial charge in [-0.2, -0.15) is 0 Å². The summed E-state index contributed by atoms with van der Waals surface area (Å²) in [6.45, 7) is 4.41. The highest BCUT2D eigenvalue weighted by Gasteiger charge is 2.26. The summed E-state index contributed by atoms with van der Waals surface area (Å²) in [7, 11) is 0. The smallest absolute Gasteiger partial charge is 0.126 e. The van der Waals surface area contributed by atoms with Gasteiger partial charge in [-0.15, -0.1) is 0 Å². The van der Waals surface area contributed by atoms with Gasteiger partial charge in [-0.1, -0.05) is 56.3 Å². The molecule has 1 aliphatic heterocycles. The van der Waals surface area contributed by atoms with E-state index in [4.69, 9.17) is 10.5 Å². The fourth-order valence-electron chi connectivity index (χ4n) is 2.75. The van der Waals surface area contributed by atoms with Gasteiger partial charge in [-0.05, 0) is 23.1 Å². The van der Waals surface area contributed by atoms with Gasteiger partial charge in [-0.25, -0.2) is 0 Å². The lowest BCUT2D eigenvalue weighted by Crippen LogP contribution is -2.24. The van der Waals surface area contributed by atoms with Crippen LogP contribution in [-0.4, -0.2) is 0 Å². The maximum atomic E-state index is 6.27. The van der Waals surface area contributed by atoms with E-state index in [-0.39, 0.29) is 12.1 Å². The Labute approximate surface area is 120 Å². The molecular weight excluding hydrogens is 246 g/mol. The van der Waals surface area contributed by atoms with E-state index in [1.165, 1.54) is 11.1 Å². The Balaban J connectivity index is 1.86. The Morgan fingerprint density at radius 1 is 1.05 bits per heavy atom. The van der Waals surface area contributed by atoms with Crippen LogP contribution in [0.2, 0.25) is 0 Å². The Morgan fingerprint density at radius 3 is 2.45 bits per heavy atom. The van der Waals surface area contributed by atoms with Crippen LogP contribution in [0.4, 0.5) is 0 Å². The number of hydrogen-bond donors (Lipinski definition) is 1. The van der Waals surface area contributed by atoms with Crippen LogP contribution < -0.4 is 10.5 Å². The zero-order valence-electron chi connectivity index (χ0n) is 12.0. The van der Waals surface area contributed by atoms with Crippen molar-refractivity contribution in [2.24, 2.45) is 5.73 Å². The van der Waals surface area contributed by atoms with E-state index in [9.17, 15) is 0 Å². The van der Waals surface area contributed by atoms with Crippen molar-refractivity contribution in [2.45, 2.75) is 38.3 Å². The Bertz CT molecular complexity index is 589. The maximum Gasteiger partial charge on any atom is 0.126 e. The molecule has 0 fully saturated rings. The molecule has 2 heteroatoms. The fraction of sp³-hybridized carbons (Fsp3) is 0.333. The highest BCUT2D eigenvalue weighted by atomic mass is 16.5. The number of nitrogens with two attached hydrogens (primary N) is 1. The molecule has 2 aromatic carbocycles. The molecule has 2 nitrogen and oxygen atoms in total. The van der Waals surface area contributed by atoms with Gasteiger partial charge in [0.2, 0.25) is 0 Å². The van der Waals surface area contributed by atoms with Crippen molar-refractivity contribution in [1.82, 2.24) is 0 Å². The number of benzene rings is 2. The summed E-state index contributed by atoms with van der Waals surface area (Å²) in [5.41, 5.74) is 9.95. The van der Waals surface area contributed by atoms with Crippen LogP contribution in [0, 0.1) is 0 Å². The maximum absolute atomic E-state index is 6.27. The molecule has 3 rings (SSSR count). The molecule has 20 heavy (non-hydrogen) atoms. The third-order valence-corrected chi connectivity index (χ3v) is 4.03. The number of para-hydroxylation sites is 1. The first-order valence-corrected chi connectivity index (χ1v) is 7.26. The van der Waals surface area contributed by atoms with Crippen LogP contribution in [0.25, 0.3) is 0 Å². The highest BCUT2D eigenvalue weighted by molar-refractivity contribution is 5.39. The average Bonchev–Trinajstić information content (AvgIpc) is 2.47. The van der Waals surface area contributed by atoms with Gasteiger partial charge in [0.25, 0.3) is 0 Å². The molecule has 1 aliphatic rings. The summed E-state index contributed by atoms with van der Waals surface area (Å²) in [6.07, 6.45) is 0.888. The molecule has 0 spiro atoms. The second-order valence-electron chi connectivity index (χ2n) is 5.81. The third-order valence-electron chi connectivity index (χ3n) is 4.03. The van der Waals surface area contributed by atoms with E-state index in [1.54, 1.807) is 0 Å². The van der Waals surface area contributed by atoms with Crippen molar-refractivity contribution in [3.05, 3.63) is 65.2 Å². The quantitative estimate of drug-likeness (QED) is 0.878. The van der Waals surface area contributed by atoms with Crippen molar-refractivity contribution in [3.8, 4) is 5.75 Å². The first-order chi connectivity index (χ1) is 9.65. The molecule has 1 unspecified atom stereocenters. The van der Waals surface area contributed by atoms with Crippen LogP contribution >= 0.6 is 0 Å². The predicted octanol–water partition coefficient (Wildman–Crippen LogP) is 4.33. The van der Waals surface area contributed by atoms with Crippen molar-refractivity contribution in [3.63, 3.8) is 0 Å². The molecule has 2 atom stereocenters. The van der Waals surface area contributed by atoms with Crippen LogP contribution in [-0.2, 0) is 0 Å². The van der Waals surface area contributed by atoms with Crippen LogP contribution in [0.15, 0.2) is 48.5 Å². The van der Waals surface area contributed by atoms with Gasteiger partial charge in [0.15, 0.2) is 0 Å². The van der Waals surface area contributed by atoms with E-state index in [1.807, 2.05) is 18.2 Å². The van der Waals surface area contributed by atoms with E-state index in [0.29, 0.717) is 5.92 Å². The SMILES string of the molecule is CC(C)c1ccc(C2C[C@@H](N)c3ccccc3O2)cc1. The van der Waals surface area contributed by atoms with Crippen molar-refractivity contribution >= 4 is 0 Å². The van der Waals surface area contributed by atoms with E-state index in [2.05, 4.69) is 44.2 Å². The summed E-state index contributed by atoms with van der Waals surface area (Å²) >= 11 is 0. The molecular formula is C18H21NO. The zero-order valence-corrected chi connectivity index (χ0v) is 12.0. The van der Waals surface area contributed by atoms with Gasteiger partial charge in [0, 0.05) is 18.0 Å². The fourth-order valence-corrected chi connectivity index (χ4v) is 2.75. The van der Waals surface area contributed by atoms with Crippen LogP contribution in [0.3, 0.4) is 0 Å². The molecule has 0 saturated heterocycles. The van der Waals surface area contributed by atoms with Crippen molar-refractivity contribution in [1.29, 1.82) is 0 Å². The minimum atomic E-state index is 0.0507. The second kappa shape index (κ2) is 5.29. The molecule has 0 radical (unpaired) electrons. The normalized spacial score (nSPS) is 21.4. The molecule has 0 amide bonds. The average molecular weight is 267 g/mol. The standard InChI is InChI=1S/C18H21NO/c1-12(2)13-7-9-14(10-8-13)18-11-16(19)15-5-3-4-6-17(15)20-18/h3-10,12,16,18H,11,19H2,1-2H3/t16-,18?/m1/s1. The predicted molar refractivity (Wildman–Crippen MR) is 81.9 cm³/mol. The molecule has 0 aliphatic carbocycles. The van der Waals surface area contributed by atoms with Gasteiger partial charge in [0.05, 0.1) is 0 Å². The number of ether oxygens (including phenoxy) is 1. The minimum absolute atomic E-state index is 0.0507. The molecule has 0 aromatic heterocycles.